The maximum absolute atomic E-state index is 12.4. The fourth-order valence-electron chi connectivity index (χ4n) is 2.29. The van der Waals surface area contributed by atoms with E-state index < -0.39 is 6.04 Å². The number of benzene rings is 1. The number of halogens is 1. The number of carbonyl (C=O) groups is 2. The first-order valence-corrected chi connectivity index (χ1v) is 9.20. The third-order valence-corrected chi connectivity index (χ3v) is 4.89. The van der Waals surface area contributed by atoms with Crippen LogP contribution in [-0.4, -0.2) is 36.9 Å². The van der Waals surface area contributed by atoms with E-state index in [1.165, 1.54) is 17.4 Å². The minimum Gasteiger partial charge on any atom is -0.497 e. The lowest BCUT2D eigenvalue weighted by atomic mass is 10.2. The molecule has 0 aliphatic rings. The van der Waals surface area contributed by atoms with E-state index in [9.17, 15) is 9.59 Å². The molecule has 2 rings (SSSR count). The molecule has 26 heavy (non-hydrogen) atoms. The van der Waals surface area contributed by atoms with Crippen LogP contribution in [0.1, 0.15) is 17.4 Å². The molecule has 1 aromatic carbocycles. The lowest BCUT2D eigenvalue weighted by Gasteiger charge is -2.21. The average molecular weight is 393 g/mol. The van der Waals surface area contributed by atoms with Crippen molar-refractivity contribution in [3.63, 3.8) is 0 Å². The van der Waals surface area contributed by atoms with Crippen LogP contribution in [0.15, 0.2) is 42.5 Å². The molecule has 0 spiro atoms. The summed E-state index contributed by atoms with van der Waals surface area (Å²) >= 11 is 7.33. The Hall–Kier alpha value is -2.31. The Morgan fingerprint density at radius 1 is 1.27 bits per heavy atom. The Morgan fingerprint density at radius 2 is 1.96 bits per heavy atom. The van der Waals surface area contributed by atoms with Crippen molar-refractivity contribution in [1.29, 1.82) is 0 Å². The summed E-state index contributed by atoms with van der Waals surface area (Å²) < 4.78 is 5.77. The Balaban J connectivity index is 1.86. The molecule has 0 radical (unpaired) electrons. The second kappa shape index (κ2) is 9.40. The van der Waals surface area contributed by atoms with Gasteiger partial charge in [0.2, 0.25) is 11.8 Å². The van der Waals surface area contributed by atoms with Gasteiger partial charge in [-0.2, -0.15) is 0 Å². The summed E-state index contributed by atoms with van der Waals surface area (Å²) in [6.07, 6.45) is 3.09. The highest BCUT2D eigenvalue weighted by Gasteiger charge is 2.19. The summed E-state index contributed by atoms with van der Waals surface area (Å²) in [6.45, 7) is 2.12. The van der Waals surface area contributed by atoms with Crippen LogP contribution in [0.2, 0.25) is 4.34 Å². The standard InChI is InChI=1S/C19H21ClN2O3S/c1-13(19(24)22(2)12-16-9-10-17(20)26-16)21-18(23)11-6-14-4-7-15(25-3)8-5-14/h4-11,13H,12H2,1-3H3,(H,21,23)/b11-6+. The molecule has 5 nitrogen and oxygen atoms in total. The van der Waals surface area contributed by atoms with E-state index in [1.807, 2.05) is 30.3 Å². The Labute approximate surface area is 162 Å². The molecule has 0 aliphatic carbocycles. The Bertz CT molecular complexity index is 786. The molecular formula is C19H21ClN2O3S. The number of ether oxygens (including phenoxy) is 1. The second-order valence-electron chi connectivity index (χ2n) is 5.74. The summed E-state index contributed by atoms with van der Waals surface area (Å²) in [5, 5.41) is 2.68. The molecule has 7 heteroatoms. The largest absolute Gasteiger partial charge is 0.497 e. The van der Waals surface area contributed by atoms with Gasteiger partial charge in [0.15, 0.2) is 0 Å². The number of amides is 2. The van der Waals surface area contributed by atoms with Gasteiger partial charge < -0.3 is 15.0 Å². The molecule has 0 aliphatic heterocycles. The van der Waals surface area contributed by atoms with Gasteiger partial charge in [-0.3, -0.25) is 9.59 Å². The van der Waals surface area contributed by atoms with Crippen molar-refractivity contribution in [3.05, 3.63) is 57.3 Å². The maximum atomic E-state index is 12.4. The highest BCUT2D eigenvalue weighted by atomic mass is 35.5. The molecule has 1 aromatic heterocycles. The summed E-state index contributed by atoms with van der Waals surface area (Å²) in [6, 6.07) is 10.4. The lowest BCUT2D eigenvalue weighted by molar-refractivity contribution is -0.134. The Kier molecular flexibility index (Phi) is 7.24. The van der Waals surface area contributed by atoms with Gasteiger partial charge in [-0.1, -0.05) is 23.7 Å². The fourth-order valence-corrected chi connectivity index (χ4v) is 3.43. The number of rotatable bonds is 7. The highest BCUT2D eigenvalue weighted by Crippen LogP contribution is 2.22. The summed E-state index contributed by atoms with van der Waals surface area (Å²) in [4.78, 5) is 27.0. The minimum atomic E-state index is -0.622. The number of methoxy groups -OCH3 is 1. The number of likely N-dealkylation sites (N-methyl/N-ethyl adjacent to an activating group) is 1. The van der Waals surface area contributed by atoms with Gasteiger partial charge in [0.25, 0.3) is 0 Å². The molecule has 1 N–H and O–H groups in total. The van der Waals surface area contributed by atoms with Crippen molar-refractivity contribution < 1.29 is 14.3 Å². The number of nitrogens with one attached hydrogen (secondary N) is 1. The van der Waals surface area contributed by atoms with E-state index in [-0.39, 0.29) is 11.8 Å². The summed E-state index contributed by atoms with van der Waals surface area (Å²) in [7, 11) is 3.30. The molecular weight excluding hydrogens is 372 g/mol. The lowest BCUT2D eigenvalue weighted by Crippen LogP contribution is -2.44. The number of nitrogens with zero attached hydrogens (tertiary/aromatic N) is 1. The van der Waals surface area contributed by atoms with Gasteiger partial charge in [-0.15, -0.1) is 11.3 Å². The zero-order valence-corrected chi connectivity index (χ0v) is 16.4. The van der Waals surface area contributed by atoms with Crippen molar-refractivity contribution in [1.82, 2.24) is 10.2 Å². The van der Waals surface area contributed by atoms with Crippen molar-refractivity contribution in [2.24, 2.45) is 0 Å². The number of hydrogen-bond donors (Lipinski definition) is 1. The molecule has 2 aromatic rings. The van der Waals surface area contributed by atoms with E-state index in [4.69, 9.17) is 16.3 Å². The molecule has 1 heterocycles. The molecule has 138 valence electrons. The Morgan fingerprint density at radius 3 is 2.54 bits per heavy atom. The SMILES string of the molecule is COc1ccc(/C=C/C(=O)NC(C)C(=O)N(C)Cc2ccc(Cl)s2)cc1. The molecule has 0 fully saturated rings. The third kappa shape index (κ3) is 5.89. The molecule has 0 bridgehead atoms. The number of thiophene rings is 1. The quantitative estimate of drug-likeness (QED) is 0.732. The first-order chi connectivity index (χ1) is 12.4. The predicted molar refractivity (Wildman–Crippen MR) is 105 cm³/mol. The van der Waals surface area contributed by atoms with Gasteiger partial charge in [-0.25, -0.2) is 0 Å². The van der Waals surface area contributed by atoms with E-state index in [1.54, 1.807) is 38.1 Å². The van der Waals surface area contributed by atoms with E-state index in [0.717, 1.165) is 16.2 Å². The number of carbonyl (C=O) groups excluding carboxylic acids is 2. The van der Waals surface area contributed by atoms with Crippen LogP contribution in [0, 0.1) is 0 Å². The summed E-state index contributed by atoms with van der Waals surface area (Å²) in [5.41, 5.74) is 0.867. The van der Waals surface area contributed by atoms with E-state index in [2.05, 4.69) is 5.32 Å². The minimum absolute atomic E-state index is 0.166. The van der Waals surface area contributed by atoms with Gasteiger partial charge in [-0.05, 0) is 42.8 Å². The van der Waals surface area contributed by atoms with Crippen LogP contribution >= 0.6 is 22.9 Å². The maximum Gasteiger partial charge on any atom is 0.244 e. The van der Waals surface area contributed by atoms with Crippen molar-refractivity contribution in [2.45, 2.75) is 19.5 Å². The molecule has 2 amide bonds. The first kappa shape index (κ1) is 20.0. The highest BCUT2D eigenvalue weighted by molar-refractivity contribution is 7.16. The van der Waals surface area contributed by atoms with Crippen LogP contribution < -0.4 is 10.1 Å². The fraction of sp³-hybridized carbons (Fsp3) is 0.263. The topological polar surface area (TPSA) is 58.6 Å². The van der Waals surface area contributed by atoms with Gasteiger partial charge >= 0.3 is 0 Å². The zero-order chi connectivity index (χ0) is 19.1. The summed E-state index contributed by atoms with van der Waals surface area (Å²) in [5.74, 6) is 0.260. The third-order valence-electron chi connectivity index (χ3n) is 3.67. The molecule has 1 atom stereocenters. The van der Waals surface area contributed by atoms with Crippen LogP contribution in [0.4, 0.5) is 0 Å². The van der Waals surface area contributed by atoms with Gasteiger partial charge in [0, 0.05) is 18.0 Å². The van der Waals surface area contributed by atoms with Crippen molar-refractivity contribution in [3.8, 4) is 5.75 Å². The monoisotopic (exact) mass is 392 g/mol. The predicted octanol–water partition coefficient (Wildman–Crippen LogP) is 3.59. The normalized spacial score (nSPS) is 12.0. The van der Waals surface area contributed by atoms with Crippen LogP contribution in [0.5, 0.6) is 5.75 Å². The molecule has 0 saturated carbocycles. The number of hydrogen-bond acceptors (Lipinski definition) is 4. The smallest absolute Gasteiger partial charge is 0.244 e. The van der Waals surface area contributed by atoms with Gasteiger partial charge in [0.05, 0.1) is 18.0 Å². The van der Waals surface area contributed by atoms with E-state index >= 15 is 0 Å². The first-order valence-electron chi connectivity index (χ1n) is 8.01. The van der Waals surface area contributed by atoms with Crippen LogP contribution in [0.25, 0.3) is 6.08 Å². The molecule has 0 saturated heterocycles. The average Bonchev–Trinajstić information content (AvgIpc) is 3.04. The van der Waals surface area contributed by atoms with Crippen LogP contribution in [-0.2, 0) is 16.1 Å². The molecule has 1 unspecified atom stereocenters. The van der Waals surface area contributed by atoms with Gasteiger partial charge in [0.1, 0.15) is 11.8 Å². The van der Waals surface area contributed by atoms with E-state index in [0.29, 0.717) is 10.9 Å². The zero-order valence-electron chi connectivity index (χ0n) is 14.9. The second-order valence-corrected chi connectivity index (χ2v) is 7.54. The van der Waals surface area contributed by atoms with Crippen molar-refractivity contribution >= 4 is 40.8 Å². The van der Waals surface area contributed by atoms with Crippen molar-refractivity contribution in [2.75, 3.05) is 14.2 Å². The van der Waals surface area contributed by atoms with Crippen LogP contribution in [0.3, 0.4) is 0 Å².